The van der Waals surface area contributed by atoms with Crippen molar-refractivity contribution in [2.45, 2.75) is 0 Å². The minimum absolute atomic E-state index is 0.0141. The number of imide groups is 1. The molecule has 2 rings (SSSR count). The van der Waals surface area contributed by atoms with E-state index in [2.05, 4.69) is 21.2 Å². The summed E-state index contributed by atoms with van der Waals surface area (Å²) in [6, 6.07) is 4.68. The van der Waals surface area contributed by atoms with Crippen LogP contribution in [-0.4, -0.2) is 18.5 Å². The maximum atomic E-state index is 11.3. The van der Waals surface area contributed by atoms with Crippen LogP contribution in [0.15, 0.2) is 22.7 Å². The van der Waals surface area contributed by atoms with Crippen molar-refractivity contribution in [3.05, 3.63) is 27.7 Å². The molecular weight excluding hydrogens is 283 g/mol. The van der Waals surface area contributed by atoms with Crippen LogP contribution in [-0.2, 0) is 4.79 Å². The average Bonchev–Trinajstić information content (AvgIpc) is 2.45. The first kappa shape index (κ1) is 10.4. The number of amides is 3. The SMILES string of the molecule is O=C1CN(c2ccc(Br)cc2Cl)C(=O)N1. The molecule has 1 N–H and O–H groups in total. The molecule has 0 aliphatic carbocycles. The second-order valence-corrected chi connectivity index (χ2v) is 4.36. The van der Waals surface area contributed by atoms with Crippen molar-refractivity contribution in [1.82, 2.24) is 5.32 Å². The number of carbonyl (C=O) groups is 2. The zero-order valence-electron chi connectivity index (χ0n) is 7.46. The minimum atomic E-state index is -0.441. The predicted molar refractivity (Wildman–Crippen MR) is 60.0 cm³/mol. The molecule has 15 heavy (non-hydrogen) atoms. The van der Waals surface area contributed by atoms with Crippen LogP contribution in [0.3, 0.4) is 0 Å². The number of nitrogens with one attached hydrogen (secondary N) is 1. The van der Waals surface area contributed by atoms with Gasteiger partial charge in [-0.1, -0.05) is 27.5 Å². The summed E-state index contributed by atoms with van der Waals surface area (Å²) in [7, 11) is 0. The number of benzene rings is 1. The summed E-state index contributed by atoms with van der Waals surface area (Å²) in [6.45, 7) is 0.0141. The van der Waals surface area contributed by atoms with Crippen molar-refractivity contribution >= 4 is 45.2 Å². The Morgan fingerprint density at radius 2 is 2.13 bits per heavy atom. The van der Waals surface area contributed by atoms with E-state index in [1.54, 1.807) is 18.2 Å². The second-order valence-electron chi connectivity index (χ2n) is 3.04. The standard InChI is InChI=1S/C9H6BrClN2O2/c10-5-1-2-7(6(11)3-5)13-4-8(14)12-9(13)15/h1-3H,4H2,(H,12,14,15). The van der Waals surface area contributed by atoms with E-state index in [1.165, 1.54) is 4.90 Å². The van der Waals surface area contributed by atoms with Crippen molar-refractivity contribution in [3.63, 3.8) is 0 Å². The first-order chi connectivity index (χ1) is 7.08. The summed E-state index contributed by atoms with van der Waals surface area (Å²) in [5.41, 5.74) is 0.531. The zero-order chi connectivity index (χ0) is 11.0. The van der Waals surface area contributed by atoms with Gasteiger partial charge in [0.05, 0.1) is 10.7 Å². The lowest BCUT2D eigenvalue weighted by atomic mass is 10.3. The van der Waals surface area contributed by atoms with Crippen LogP contribution < -0.4 is 10.2 Å². The van der Waals surface area contributed by atoms with Gasteiger partial charge < -0.3 is 0 Å². The Labute approximate surface area is 99.3 Å². The number of halogens is 2. The summed E-state index contributed by atoms with van der Waals surface area (Å²) in [6.07, 6.45) is 0. The molecule has 1 aromatic rings. The van der Waals surface area contributed by atoms with Crippen LogP contribution in [0, 0.1) is 0 Å². The minimum Gasteiger partial charge on any atom is -0.283 e. The molecule has 0 aromatic heterocycles. The van der Waals surface area contributed by atoms with Gasteiger partial charge in [0.1, 0.15) is 6.54 Å². The van der Waals surface area contributed by atoms with Gasteiger partial charge in [0.15, 0.2) is 0 Å². The molecule has 0 radical (unpaired) electrons. The fourth-order valence-corrected chi connectivity index (χ4v) is 2.11. The maximum Gasteiger partial charge on any atom is 0.329 e. The fourth-order valence-electron chi connectivity index (χ4n) is 1.34. The lowest BCUT2D eigenvalue weighted by Crippen LogP contribution is -2.28. The molecule has 1 aliphatic rings. The summed E-state index contributed by atoms with van der Waals surface area (Å²) < 4.78 is 0.821. The van der Waals surface area contributed by atoms with Crippen molar-refractivity contribution < 1.29 is 9.59 Å². The summed E-state index contributed by atoms with van der Waals surface area (Å²) >= 11 is 9.22. The Bertz CT molecular complexity index is 450. The number of rotatable bonds is 1. The lowest BCUT2D eigenvalue weighted by molar-refractivity contribution is -0.117. The third-order valence-electron chi connectivity index (χ3n) is 1.99. The number of anilines is 1. The quantitative estimate of drug-likeness (QED) is 0.806. The van der Waals surface area contributed by atoms with Crippen LogP contribution >= 0.6 is 27.5 Å². The number of urea groups is 1. The molecule has 1 aromatic carbocycles. The molecule has 1 heterocycles. The molecule has 78 valence electrons. The van der Waals surface area contributed by atoms with Gasteiger partial charge in [-0.15, -0.1) is 0 Å². The van der Waals surface area contributed by atoms with Gasteiger partial charge in [-0.2, -0.15) is 0 Å². The molecule has 0 unspecified atom stereocenters. The van der Waals surface area contributed by atoms with Crippen molar-refractivity contribution in [1.29, 1.82) is 0 Å². The number of carbonyl (C=O) groups excluding carboxylic acids is 2. The molecule has 0 bridgehead atoms. The highest BCUT2D eigenvalue weighted by molar-refractivity contribution is 9.10. The number of nitrogens with zero attached hydrogens (tertiary/aromatic N) is 1. The van der Waals surface area contributed by atoms with Crippen LogP contribution in [0.4, 0.5) is 10.5 Å². The van der Waals surface area contributed by atoms with E-state index in [4.69, 9.17) is 11.6 Å². The summed E-state index contributed by atoms with van der Waals surface area (Å²) in [5, 5.41) is 2.61. The molecule has 1 fully saturated rings. The van der Waals surface area contributed by atoms with Crippen molar-refractivity contribution in [2.75, 3.05) is 11.4 Å². The Morgan fingerprint density at radius 1 is 1.40 bits per heavy atom. The summed E-state index contributed by atoms with van der Waals surface area (Å²) in [5.74, 6) is -0.320. The first-order valence-electron chi connectivity index (χ1n) is 4.14. The van der Waals surface area contributed by atoms with Crippen LogP contribution in [0.2, 0.25) is 5.02 Å². The van der Waals surface area contributed by atoms with Crippen molar-refractivity contribution in [2.24, 2.45) is 0 Å². The second kappa shape index (κ2) is 3.83. The molecule has 4 nitrogen and oxygen atoms in total. The van der Waals surface area contributed by atoms with E-state index in [0.29, 0.717) is 10.7 Å². The van der Waals surface area contributed by atoms with E-state index >= 15 is 0 Å². The van der Waals surface area contributed by atoms with Crippen LogP contribution in [0.5, 0.6) is 0 Å². The highest BCUT2D eigenvalue weighted by atomic mass is 79.9. The molecule has 0 atom stereocenters. The van der Waals surface area contributed by atoms with Crippen molar-refractivity contribution in [3.8, 4) is 0 Å². The molecular formula is C9H6BrClN2O2. The Balaban J connectivity index is 2.38. The molecule has 0 spiro atoms. The zero-order valence-corrected chi connectivity index (χ0v) is 9.80. The number of hydrogen-bond acceptors (Lipinski definition) is 2. The smallest absolute Gasteiger partial charge is 0.283 e. The average molecular weight is 290 g/mol. The molecule has 1 aliphatic heterocycles. The van der Waals surface area contributed by atoms with E-state index in [9.17, 15) is 9.59 Å². The largest absolute Gasteiger partial charge is 0.329 e. The monoisotopic (exact) mass is 288 g/mol. The van der Waals surface area contributed by atoms with E-state index < -0.39 is 6.03 Å². The molecule has 3 amide bonds. The highest BCUT2D eigenvalue weighted by Gasteiger charge is 2.29. The van der Waals surface area contributed by atoms with Gasteiger partial charge in [0.25, 0.3) is 0 Å². The van der Waals surface area contributed by atoms with Crippen LogP contribution in [0.1, 0.15) is 0 Å². The third kappa shape index (κ3) is 1.98. The van der Waals surface area contributed by atoms with Gasteiger partial charge in [-0.25, -0.2) is 4.79 Å². The number of hydrogen-bond donors (Lipinski definition) is 1. The van der Waals surface area contributed by atoms with Crippen LogP contribution in [0.25, 0.3) is 0 Å². The highest BCUT2D eigenvalue weighted by Crippen LogP contribution is 2.29. The molecule has 1 saturated heterocycles. The maximum absolute atomic E-state index is 11.3. The van der Waals surface area contributed by atoms with Gasteiger partial charge in [-0.3, -0.25) is 15.0 Å². The van der Waals surface area contributed by atoms with Gasteiger partial charge >= 0.3 is 6.03 Å². The van der Waals surface area contributed by atoms with E-state index in [-0.39, 0.29) is 12.5 Å². The van der Waals surface area contributed by atoms with E-state index in [0.717, 1.165) is 4.47 Å². The summed E-state index contributed by atoms with van der Waals surface area (Å²) in [4.78, 5) is 23.6. The topological polar surface area (TPSA) is 49.4 Å². The van der Waals surface area contributed by atoms with Gasteiger partial charge in [0.2, 0.25) is 5.91 Å². The predicted octanol–water partition coefficient (Wildman–Crippen LogP) is 2.16. The molecule has 6 heteroatoms. The normalized spacial score (nSPS) is 15.7. The lowest BCUT2D eigenvalue weighted by Gasteiger charge is -2.14. The Morgan fingerprint density at radius 3 is 2.67 bits per heavy atom. The van der Waals surface area contributed by atoms with E-state index in [1.807, 2.05) is 0 Å². The van der Waals surface area contributed by atoms with Gasteiger partial charge in [-0.05, 0) is 18.2 Å². The van der Waals surface area contributed by atoms with Gasteiger partial charge in [0, 0.05) is 4.47 Å². The third-order valence-corrected chi connectivity index (χ3v) is 2.79. The Kier molecular flexibility index (Phi) is 2.67. The Hall–Kier alpha value is -1.07. The molecule has 0 saturated carbocycles. The first-order valence-corrected chi connectivity index (χ1v) is 5.31. The fraction of sp³-hybridized carbons (Fsp3) is 0.111.